The van der Waals surface area contributed by atoms with Gasteiger partial charge in [0.1, 0.15) is 0 Å². The van der Waals surface area contributed by atoms with Crippen LogP contribution in [-0.4, -0.2) is 9.13 Å². The van der Waals surface area contributed by atoms with Gasteiger partial charge in [-0.25, -0.2) is 0 Å². The van der Waals surface area contributed by atoms with Gasteiger partial charge in [0.2, 0.25) is 0 Å². The summed E-state index contributed by atoms with van der Waals surface area (Å²) in [6, 6.07) is 188. The van der Waals surface area contributed by atoms with Gasteiger partial charge >= 0.3 is 0 Å². The van der Waals surface area contributed by atoms with Crippen molar-refractivity contribution in [1.29, 1.82) is 0 Å². The van der Waals surface area contributed by atoms with Crippen LogP contribution in [0.3, 0.4) is 0 Å². The van der Waals surface area contributed by atoms with Crippen LogP contribution in [0.2, 0.25) is 0 Å². The second-order valence-electron chi connectivity index (χ2n) is 36.0. The monoisotopic (exact) mass is 1780 g/mol. The van der Waals surface area contributed by atoms with E-state index in [0.29, 0.717) is 0 Å². The molecule has 2 aliphatic carbocycles. The molecule has 0 fully saturated rings. The third-order valence-electron chi connectivity index (χ3n) is 28.5. The molecule has 0 saturated carbocycles. The first-order valence-corrected chi connectivity index (χ1v) is 48.7. The van der Waals surface area contributed by atoms with Crippen LogP contribution in [-0.2, 0) is 5.41 Å². The van der Waals surface area contributed by atoms with E-state index in [1.54, 1.807) is 0 Å². The quantitative estimate of drug-likeness (QED) is 0.108. The minimum Gasteiger partial charge on any atom is -0.310 e. The molecule has 26 aromatic rings. The first-order valence-electron chi connectivity index (χ1n) is 47.1. The van der Waals surface area contributed by atoms with Gasteiger partial charge in [0.15, 0.2) is 0 Å². The van der Waals surface area contributed by atoms with Crippen LogP contribution in [0.4, 0.5) is 34.1 Å². The van der Waals surface area contributed by atoms with Crippen LogP contribution < -0.4 is 9.80 Å². The Kier molecular flexibility index (Phi) is 18.9. The fourth-order valence-electron chi connectivity index (χ4n) is 22.5. The third-order valence-corrected chi connectivity index (χ3v) is 30.9. The maximum atomic E-state index is 2.51. The summed E-state index contributed by atoms with van der Waals surface area (Å²) in [5.74, 6) is 0. The fourth-order valence-corrected chi connectivity index (χ4v) is 24.9. The Hall–Kier alpha value is -17.3. The van der Waals surface area contributed by atoms with E-state index in [0.717, 1.165) is 39.8 Å². The highest BCUT2D eigenvalue weighted by atomic mass is 32.1. The molecule has 0 atom stereocenters. The molecule has 1 spiro atoms. The summed E-state index contributed by atoms with van der Waals surface area (Å²) in [6.07, 6.45) is 0. The van der Waals surface area contributed by atoms with Crippen molar-refractivity contribution in [3.05, 3.63) is 532 Å². The van der Waals surface area contributed by atoms with Gasteiger partial charge in [-0.1, -0.05) is 376 Å². The van der Waals surface area contributed by atoms with Crippen molar-refractivity contribution < 1.29 is 0 Å². The van der Waals surface area contributed by atoms with E-state index in [4.69, 9.17) is 0 Å². The van der Waals surface area contributed by atoms with Gasteiger partial charge in [-0.2, -0.15) is 0 Å². The number of hydrogen-bond acceptors (Lipinski definition) is 4. The van der Waals surface area contributed by atoms with Gasteiger partial charge in [0.25, 0.3) is 0 Å². The molecule has 0 N–H and O–H groups in total. The Bertz CT molecular complexity index is 9120. The number of nitrogens with zero attached hydrogens (tertiary/aromatic N) is 4. The molecule has 6 heteroatoms. The zero-order chi connectivity index (χ0) is 90.2. The number of fused-ring (bicyclic) bond motifs is 25. The number of aromatic nitrogens is 2. The summed E-state index contributed by atoms with van der Waals surface area (Å²) in [4.78, 5) is 4.87. The molecule has 0 unspecified atom stereocenters. The zero-order valence-electron chi connectivity index (χ0n) is 74.6. The smallest absolute Gasteiger partial charge is 0.0726 e. The Morgan fingerprint density at radius 2 is 0.518 bits per heavy atom. The Morgan fingerprint density at radius 1 is 0.182 bits per heavy atom. The molecule has 640 valence electrons. The molecule has 22 aromatic carbocycles. The van der Waals surface area contributed by atoms with E-state index in [-0.39, 0.29) is 0 Å². The molecule has 2 aliphatic rings. The topological polar surface area (TPSA) is 16.3 Å². The molecular weight excluding hydrogens is 1690 g/mol. The van der Waals surface area contributed by atoms with Crippen LogP contribution >= 0.6 is 22.7 Å². The molecular formula is C131H84N4S2. The average molecular weight is 1780 g/mol. The van der Waals surface area contributed by atoms with E-state index in [1.165, 1.54) is 212 Å². The molecule has 4 heterocycles. The standard InChI is InChI=1S/C73H46N2S.C58H38N2S/c1-3-19-47(20-4-1)49-37-39-52(40-38-49)74(55-41-42-59-58-29-9-14-34-66(58)73(67(59)45-55)64-32-12-7-27-56(64)57-28-8-13-33-65(57)73)53-25-18-24-51(44-53)62-46-63-60-30-10-15-35-68(60)75(54-26-17-23-50(43-54)48-21-5-2-6-22-48)71(63)70-61-31-11-16-36-69(61)76-72(62)70;1-3-14-39(15-4-1)42-26-31-46(32-27-42)59(47-33-28-43(29-34-47)40-16-5-2-6-17-40)48-21-13-20-45(37-48)52-38-53-50-22-9-11-24-54(50)60(49-35-30-41-18-7-8-19-44(41)36-49)57(53)56-51-23-10-12-25-55(51)61-58(52)56/h1-46H;1-38H. The van der Waals surface area contributed by atoms with Gasteiger partial charge in [0, 0.05) is 119 Å². The zero-order valence-corrected chi connectivity index (χ0v) is 76.2. The molecule has 0 radical (unpaired) electrons. The molecule has 0 aliphatic heterocycles. The maximum Gasteiger partial charge on any atom is 0.0726 e. The van der Waals surface area contributed by atoms with Crippen molar-refractivity contribution in [2.45, 2.75) is 5.41 Å². The summed E-state index contributed by atoms with van der Waals surface area (Å²) < 4.78 is 10.2. The minimum atomic E-state index is -0.468. The molecule has 4 aromatic heterocycles. The molecule has 4 nitrogen and oxygen atoms in total. The SMILES string of the molecule is c1ccc(-c2ccc(N(c3ccc(-c4ccccc4)cc3)c3cccc(-c4cc5c6ccccc6n(-c6ccc7ccccc7c6)c5c5c4sc4ccccc45)c3)cc2)cc1.c1ccc(-c2ccc(N(c3cccc(-c4cc5c6ccccc6n(-c6cccc(-c7ccccc7)c6)c5c5c4sc4ccccc45)c3)c3ccc4c(c3)C3(c5ccccc5-c5ccccc53)c3ccccc3-4)cc2)cc1. The highest BCUT2D eigenvalue weighted by Gasteiger charge is 2.52. The number of thiophene rings is 2. The van der Waals surface area contributed by atoms with Gasteiger partial charge < -0.3 is 18.9 Å². The molecule has 0 saturated heterocycles. The van der Waals surface area contributed by atoms with E-state index >= 15 is 0 Å². The lowest BCUT2D eigenvalue weighted by molar-refractivity contribution is 0.793. The molecule has 28 rings (SSSR count). The number of benzene rings is 22. The lowest BCUT2D eigenvalue weighted by Gasteiger charge is -2.32. The Balaban J connectivity index is 0.000000142. The summed E-state index contributed by atoms with van der Waals surface area (Å²) >= 11 is 3.79. The van der Waals surface area contributed by atoms with Crippen molar-refractivity contribution in [2.24, 2.45) is 0 Å². The first-order chi connectivity index (χ1) is 67.9. The second-order valence-corrected chi connectivity index (χ2v) is 38.1. The average Bonchev–Trinajstić information content (AvgIpc) is 1.50. The van der Waals surface area contributed by atoms with Crippen molar-refractivity contribution >= 4 is 152 Å². The van der Waals surface area contributed by atoms with Gasteiger partial charge in [0.05, 0.1) is 27.5 Å². The van der Waals surface area contributed by atoms with Crippen LogP contribution in [0, 0.1) is 0 Å². The lowest BCUT2D eigenvalue weighted by atomic mass is 9.70. The lowest BCUT2D eigenvalue weighted by Crippen LogP contribution is -2.26. The number of rotatable bonds is 14. The largest absolute Gasteiger partial charge is 0.310 e. The normalized spacial score (nSPS) is 12.3. The highest BCUT2D eigenvalue weighted by molar-refractivity contribution is 7.27. The first kappa shape index (κ1) is 79.5. The third kappa shape index (κ3) is 13.0. The second kappa shape index (κ2) is 32.6. The Morgan fingerprint density at radius 3 is 0.985 bits per heavy atom. The van der Waals surface area contributed by atoms with E-state index in [2.05, 4.69) is 529 Å². The number of para-hydroxylation sites is 2. The number of anilines is 6. The molecule has 0 bridgehead atoms. The maximum absolute atomic E-state index is 2.51. The predicted octanol–water partition coefficient (Wildman–Crippen LogP) is 36.7. The van der Waals surface area contributed by atoms with Crippen LogP contribution in [0.1, 0.15) is 22.3 Å². The van der Waals surface area contributed by atoms with Crippen molar-refractivity contribution in [2.75, 3.05) is 9.80 Å². The van der Waals surface area contributed by atoms with Crippen LogP contribution in [0.5, 0.6) is 0 Å². The Labute approximate surface area is 801 Å². The van der Waals surface area contributed by atoms with Crippen molar-refractivity contribution in [3.8, 4) is 100 Å². The van der Waals surface area contributed by atoms with E-state index in [1.807, 2.05) is 22.7 Å². The van der Waals surface area contributed by atoms with E-state index in [9.17, 15) is 0 Å². The fraction of sp³-hybridized carbons (Fsp3) is 0.00763. The minimum absolute atomic E-state index is 0.468. The summed E-state index contributed by atoms with van der Waals surface area (Å²) in [7, 11) is 0. The summed E-state index contributed by atoms with van der Waals surface area (Å²) in [6.45, 7) is 0. The number of hydrogen-bond donors (Lipinski definition) is 0. The van der Waals surface area contributed by atoms with Gasteiger partial charge in [-0.05, 0) is 244 Å². The van der Waals surface area contributed by atoms with Crippen LogP contribution in [0.25, 0.3) is 195 Å². The van der Waals surface area contributed by atoms with E-state index < -0.39 is 5.41 Å². The summed E-state index contributed by atoms with van der Waals surface area (Å²) in [5.41, 5.74) is 38.3. The van der Waals surface area contributed by atoms with Gasteiger partial charge in [-0.15, -0.1) is 22.7 Å². The van der Waals surface area contributed by atoms with Crippen molar-refractivity contribution in [3.63, 3.8) is 0 Å². The molecule has 137 heavy (non-hydrogen) atoms. The predicted molar refractivity (Wildman–Crippen MR) is 583 cm³/mol. The van der Waals surface area contributed by atoms with Crippen LogP contribution in [0.15, 0.2) is 510 Å². The summed E-state index contributed by atoms with van der Waals surface area (Å²) in [5, 5.41) is 12.6. The van der Waals surface area contributed by atoms with Gasteiger partial charge in [-0.3, -0.25) is 0 Å². The highest BCUT2D eigenvalue weighted by Crippen LogP contribution is 2.64. The van der Waals surface area contributed by atoms with Crippen molar-refractivity contribution in [1.82, 2.24) is 9.13 Å². The molecule has 0 amide bonds.